The summed E-state index contributed by atoms with van der Waals surface area (Å²) in [6.07, 6.45) is 10.1. The molecule has 2 heterocycles. The first kappa shape index (κ1) is 33.9. The number of primary amides is 1. The van der Waals surface area contributed by atoms with E-state index in [2.05, 4.69) is 20.9 Å². The molecule has 2 saturated carbocycles. The predicted molar refractivity (Wildman–Crippen MR) is 168 cm³/mol. The normalized spacial score (nSPS) is 23.1. The lowest BCUT2D eigenvalue weighted by Gasteiger charge is -2.40. The molecular weight excluding hydrogens is 580 g/mol. The third-order valence-electron chi connectivity index (χ3n) is 9.55. The molecule has 0 aromatic carbocycles. The number of carbonyl (C=O) groups is 5. The van der Waals surface area contributed by atoms with E-state index in [9.17, 15) is 24.0 Å². The Labute approximate surface area is 264 Å². The fourth-order valence-corrected chi connectivity index (χ4v) is 7.63. The fraction of sp³-hybridized carbons (Fsp3) is 0.750. The minimum Gasteiger partial charge on any atom is -0.363 e. The molecule has 0 radical (unpaired) electrons. The summed E-state index contributed by atoms with van der Waals surface area (Å²) in [5.41, 5.74) is 4.22. The molecule has 11 nitrogen and oxygen atoms in total. The molecule has 12 heteroatoms. The predicted octanol–water partition coefficient (Wildman–Crippen LogP) is 3.31. The van der Waals surface area contributed by atoms with Crippen molar-refractivity contribution < 1.29 is 24.0 Å². The van der Waals surface area contributed by atoms with Gasteiger partial charge in [-0.1, -0.05) is 66.7 Å². The molecule has 0 bridgehead atoms. The first-order valence-electron chi connectivity index (χ1n) is 16.1. The van der Waals surface area contributed by atoms with Crippen LogP contribution in [0.3, 0.4) is 0 Å². The number of thiazole rings is 1. The first-order chi connectivity index (χ1) is 20.7. The highest BCUT2D eigenvalue weighted by Gasteiger charge is 2.48. The van der Waals surface area contributed by atoms with E-state index in [4.69, 9.17) is 5.73 Å². The molecule has 0 spiro atoms. The van der Waals surface area contributed by atoms with Crippen molar-refractivity contribution in [3.8, 4) is 0 Å². The molecule has 44 heavy (non-hydrogen) atoms. The lowest BCUT2D eigenvalue weighted by Crippen LogP contribution is -2.63. The van der Waals surface area contributed by atoms with E-state index >= 15 is 0 Å². The van der Waals surface area contributed by atoms with Gasteiger partial charge in [-0.3, -0.25) is 19.2 Å². The highest BCUT2D eigenvalue weighted by molar-refractivity contribution is 7.09. The summed E-state index contributed by atoms with van der Waals surface area (Å²) >= 11 is 1.57. The van der Waals surface area contributed by atoms with Crippen LogP contribution < -0.4 is 21.7 Å². The fourth-order valence-electron chi connectivity index (χ4n) is 6.87. The number of likely N-dealkylation sites (tertiary alicyclic amines) is 1. The number of hydrogen-bond acceptors (Lipinski definition) is 7. The summed E-state index contributed by atoms with van der Waals surface area (Å²) in [6.45, 7) is 10.0. The van der Waals surface area contributed by atoms with E-state index in [0.29, 0.717) is 25.8 Å². The van der Waals surface area contributed by atoms with Crippen molar-refractivity contribution in [3.63, 3.8) is 0 Å². The maximum Gasteiger partial charge on any atom is 0.315 e. The van der Waals surface area contributed by atoms with Gasteiger partial charge in [0.2, 0.25) is 17.6 Å². The minimum atomic E-state index is -1.08. The second kappa shape index (κ2) is 14.0. The van der Waals surface area contributed by atoms with Crippen LogP contribution in [0.5, 0.6) is 0 Å². The Bertz CT molecular complexity index is 1200. The van der Waals surface area contributed by atoms with Crippen LogP contribution in [0.2, 0.25) is 0 Å². The third kappa shape index (κ3) is 8.37. The SMILES string of the molecule is CC(C)C1CCN(C(=O)[C@@H](NC(=O)NC2(Cc3nccs3)CCCCC2)C(C)(C)C)[C@@H]1C(=O)NC(CC1CC1)C(=O)C(N)=O. The Kier molecular flexibility index (Phi) is 10.7. The molecule has 3 fully saturated rings. The van der Waals surface area contributed by atoms with Crippen LogP contribution in [0.15, 0.2) is 11.6 Å². The average molecular weight is 631 g/mol. The van der Waals surface area contributed by atoms with Gasteiger partial charge < -0.3 is 26.6 Å². The van der Waals surface area contributed by atoms with Crippen molar-refractivity contribution in [1.29, 1.82) is 0 Å². The first-order valence-corrected chi connectivity index (χ1v) is 17.0. The van der Waals surface area contributed by atoms with Crippen molar-refractivity contribution in [2.45, 2.75) is 122 Å². The van der Waals surface area contributed by atoms with Gasteiger partial charge >= 0.3 is 6.03 Å². The average Bonchev–Trinajstić information content (AvgIpc) is 3.41. The van der Waals surface area contributed by atoms with Crippen LogP contribution in [0.1, 0.15) is 97.4 Å². The van der Waals surface area contributed by atoms with Gasteiger partial charge in [-0.05, 0) is 48.9 Å². The maximum atomic E-state index is 14.3. The number of nitrogens with zero attached hydrogens (tertiary/aromatic N) is 2. The number of amides is 5. The number of nitrogens with two attached hydrogens (primary N) is 1. The molecule has 244 valence electrons. The van der Waals surface area contributed by atoms with E-state index in [0.717, 1.165) is 50.0 Å². The number of rotatable bonds is 12. The number of aromatic nitrogens is 1. The molecule has 5 N–H and O–H groups in total. The molecule has 1 saturated heterocycles. The largest absolute Gasteiger partial charge is 0.363 e. The van der Waals surface area contributed by atoms with E-state index in [1.165, 1.54) is 0 Å². The van der Waals surface area contributed by atoms with Crippen LogP contribution in [0.25, 0.3) is 0 Å². The molecule has 1 aliphatic heterocycles. The molecular formula is C32H50N6O5S. The van der Waals surface area contributed by atoms with Gasteiger partial charge in [0.15, 0.2) is 0 Å². The zero-order valence-electron chi connectivity index (χ0n) is 26.8. The zero-order chi connectivity index (χ0) is 32.2. The summed E-state index contributed by atoms with van der Waals surface area (Å²) in [7, 11) is 0. The summed E-state index contributed by atoms with van der Waals surface area (Å²) in [4.78, 5) is 72.2. The van der Waals surface area contributed by atoms with Crippen LogP contribution in [-0.2, 0) is 25.6 Å². The number of nitrogens with one attached hydrogen (secondary N) is 3. The Balaban J connectivity index is 1.53. The minimum absolute atomic E-state index is 0.0821. The van der Waals surface area contributed by atoms with Gasteiger partial charge in [0.1, 0.15) is 12.1 Å². The second-order valence-corrected chi connectivity index (χ2v) is 15.5. The number of hydrogen-bond donors (Lipinski definition) is 4. The van der Waals surface area contributed by atoms with Crippen LogP contribution in [0.4, 0.5) is 4.79 Å². The van der Waals surface area contributed by atoms with Crippen molar-refractivity contribution in [1.82, 2.24) is 25.8 Å². The smallest absolute Gasteiger partial charge is 0.315 e. The van der Waals surface area contributed by atoms with Crippen molar-refractivity contribution >= 4 is 40.9 Å². The van der Waals surface area contributed by atoms with Gasteiger partial charge in [-0.15, -0.1) is 11.3 Å². The summed E-state index contributed by atoms with van der Waals surface area (Å²) in [5.74, 6) is -2.50. The molecule has 2 unspecified atom stereocenters. The van der Waals surface area contributed by atoms with Gasteiger partial charge in [0.05, 0.1) is 11.0 Å². The third-order valence-corrected chi connectivity index (χ3v) is 10.3. The molecule has 1 aromatic rings. The number of carbonyl (C=O) groups excluding carboxylic acids is 5. The monoisotopic (exact) mass is 630 g/mol. The zero-order valence-corrected chi connectivity index (χ0v) is 27.6. The number of Topliss-reactive ketones (excluding diaryl/α,β-unsaturated/α-hetero) is 1. The highest BCUT2D eigenvalue weighted by atomic mass is 32.1. The molecule has 4 atom stereocenters. The Morgan fingerprint density at radius 2 is 1.75 bits per heavy atom. The van der Waals surface area contributed by atoms with Crippen LogP contribution in [0, 0.1) is 23.2 Å². The summed E-state index contributed by atoms with van der Waals surface area (Å²) < 4.78 is 0. The van der Waals surface area contributed by atoms with Crippen molar-refractivity contribution in [2.75, 3.05) is 6.54 Å². The van der Waals surface area contributed by atoms with Crippen molar-refractivity contribution in [2.24, 2.45) is 28.9 Å². The van der Waals surface area contributed by atoms with E-state index < -0.39 is 52.7 Å². The second-order valence-electron chi connectivity index (χ2n) is 14.5. The molecule has 2 aliphatic carbocycles. The summed E-state index contributed by atoms with van der Waals surface area (Å²) in [5, 5.41) is 11.9. The lowest BCUT2D eigenvalue weighted by molar-refractivity contribution is -0.144. The molecule has 1 aromatic heterocycles. The molecule has 4 rings (SSSR count). The Hall–Kier alpha value is -3.02. The standard InChI is InChI=1S/C32H50N6O5S/c1-19(2)21-11-15-38(24(21)28(41)35-22(17-20-9-10-20)25(39)27(33)40)29(42)26(31(3,4)5)36-30(43)37-32(12-7-6-8-13-32)18-23-34-14-16-44-23/h14,16,19-22,24,26H,6-13,15,17-18H2,1-5H3,(H2,33,40)(H,35,41)(H2,36,37,43)/t21?,22?,24-,26+/m0/s1. The summed E-state index contributed by atoms with van der Waals surface area (Å²) in [6, 6.07) is -3.16. The van der Waals surface area contributed by atoms with Crippen LogP contribution >= 0.6 is 11.3 Å². The Morgan fingerprint density at radius 3 is 2.30 bits per heavy atom. The lowest BCUT2D eigenvalue weighted by atomic mass is 9.79. The van der Waals surface area contributed by atoms with E-state index in [1.54, 1.807) is 22.4 Å². The molecule has 5 amide bonds. The topological polar surface area (TPSA) is 164 Å². The van der Waals surface area contributed by atoms with Crippen LogP contribution in [-0.4, -0.2) is 69.6 Å². The van der Waals surface area contributed by atoms with Gasteiger partial charge in [0.25, 0.3) is 5.91 Å². The molecule has 3 aliphatic rings. The number of urea groups is 1. The highest BCUT2D eigenvalue weighted by Crippen LogP contribution is 2.36. The van der Waals surface area contributed by atoms with Gasteiger partial charge in [-0.2, -0.15) is 0 Å². The number of ketones is 1. The quantitative estimate of drug-likeness (QED) is 0.259. The van der Waals surface area contributed by atoms with Crippen molar-refractivity contribution in [3.05, 3.63) is 16.6 Å². The van der Waals surface area contributed by atoms with E-state index in [-0.39, 0.29) is 23.7 Å². The maximum absolute atomic E-state index is 14.3. The van der Waals surface area contributed by atoms with Gasteiger partial charge in [-0.25, -0.2) is 9.78 Å². The Morgan fingerprint density at radius 1 is 1.07 bits per heavy atom. The van der Waals surface area contributed by atoms with E-state index in [1.807, 2.05) is 40.0 Å². The van der Waals surface area contributed by atoms with Gasteiger partial charge in [0, 0.05) is 30.1 Å².